The van der Waals surface area contributed by atoms with E-state index in [0.717, 1.165) is 22.5 Å². The number of rotatable bonds is 9. The van der Waals surface area contributed by atoms with Crippen LogP contribution < -0.4 is 5.32 Å². The first-order valence-electron chi connectivity index (χ1n) is 9.23. The highest BCUT2D eigenvalue weighted by Crippen LogP contribution is 2.60. The maximum atomic E-state index is 13.5. The molecule has 6 nitrogen and oxygen atoms in total. The molecule has 7 heteroatoms. The third-order valence-electron chi connectivity index (χ3n) is 4.11. The normalized spacial score (nSPS) is 12.5. The van der Waals surface area contributed by atoms with E-state index in [1.54, 1.807) is 32.4 Å². The van der Waals surface area contributed by atoms with Crippen molar-refractivity contribution in [3.8, 4) is 11.3 Å². The van der Waals surface area contributed by atoms with Gasteiger partial charge in [0.05, 0.1) is 18.9 Å². The fourth-order valence-electron chi connectivity index (χ4n) is 2.87. The van der Waals surface area contributed by atoms with E-state index >= 15 is 0 Å². The summed E-state index contributed by atoms with van der Waals surface area (Å²) in [6.07, 6.45) is 5.11. The Hall–Kier alpha value is -2.53. The first-order chi connectivity index (χ1) is 13.7. The van der Waals surface area contributed by atoms with Gasteiger partial charge in [0, 0.05) is 29.8 Å². The van der Waals surface area contributed by atoms with Crippen molar-refractivity contribution in [2.75, 3.05) is 18.5 Å². The quantitative estimate of drug-likeness (QED) is 0.479. The van der Waals surface area contributed by atoms with Gasteiger partial charge in [-0.2, -0.15) is 0 Å². The van der Waals surface area contributed by atoms with E-state index in [9.17, 15) is 4.57 Å². The second-order valence-electron chi connectivity index (χ2n) is 6.00. The molecule has 1 aromatic carbocycles. The van der Waals surface area contributed by atoms with Crippen molar-refractivity contribution >= 4 is 13.3 Å². The molecule has 3 aromatic rings. The second kappa shape index (κ2) is 9.60. The molecule has 3 rings (SSSR count). The molecule has 28 heavy (non-hydrogen) atoms. The molecule has 0 aliphatic rings. The van der Waals surface area contributed by atoms with Crippen molar-refractivity contribution in [3.05, 3.63) is 78.8 Å². The summed E-state index contributed by atoms with van der Waals surface area (Å²) in [5.41, 5.74) is 3.45. The van der Waals surface area contributed by atoms with E-state index in [-0.39, 0.29) is 13.2 Å². The minimum Gasteiger partial charge on any atom is -0.368 e. The van der Waals surface area contributed by atoms with Crippen molar-refractivity contribution in [3.63, 3.8) is 0 Å². The summed E-state index contributed by atoms with van der Waals surface area (Å²) in [6, 6.07) is 17.2. The SMILES string of the molecule is CCOP(=O)(OCC)C(Nc1ccncc1)c1ccc(-c2ccccn2)cc1. The number of hydrogen-bond donors (Lipinski definition) is 1. The molecule has 0 saturated carbocycles. The molecule has 2 heterocycles. The molecular formula is C21H24N3O3P. The van der Waals surface area contributed by atoms with Crippen LogP contribution >= 0.6 is 7.60 Å². The Balaban J connectivity index is 1.97. The highest BCUT2D eigenvalue weighted by atomic mass is 31.2. The molecule has 0 saturated heterocycles. The van der Waals surface area contributed by atoms with Crippen molar-refractivity contribution in [1.82, 2.24) is 9.97 Å². The van der Waals surface area contributed by atoms with Crippen LogP contribution in [0.2, 0.25) is 0 Å². The van der Waals surface area contributed by atoms with Gasteiger partial charge in [0.1, 0.15) is 0 Å². The fraction of sp³-hybridized carbons (Fsp3) is 0.238. The monoisotopic (exact) mass is 397 g/mol. The van der Waals surface area contributed by atoms with Gasteiger partial charge in [-0.1, -0.05) is 30.3 Å². The van der Waals surface area contributed by atoms with Crippen LogP contribution in [-0.2, 0) is 13.6 Å². The van der Waals surface area contributed by atoms with Gasteiger partial charge in [-0.3, -0.25) is 14.5 Å². The third-order valence-corrected chi connectivity index (χ3v) is 6.40. The Morgan fingerprint density at radius 2 is 1.61 bits per heavy atom. The van der Waals surface area contributed by atoms with Crippen LogP contribution in [-0.4, -0.2) is 23.2 Å². The molecule has 1 atom stereocenters. The van der Waals surface area contributed by atoms with Crippen molar-refractivity contribution < 1.29 is 13.6 Å². The van der Waals surface area contributed by atoms with Crippen molar-refractivity contribution in [2.45, 2.75) is 19.6 Å². The Bertz CT molecular complexity index is 895. The lowest BCUT2D eigenvalue weighted by Gasteiger charge is -2.28. The summed E-state index contributed by atoms with van der Waals surface area (Å²) in [5.74, 6) is -0.646. The molecule has 0 bridgehead atoms. The van der Waals surface area contributed by atoms with Gasteiger partial charge in [-0.25, -0.2) is 0 Å². The minimum atomic E-state index is -3.45. The number of pyridine rings is 2. The maximum Gasteiger partial charge on any atom is 0.357 e. The number of anilines is 1. The smallest absolute Gasteiger partial charge is 0.357 e. The van der Waals surface area contributed by atoms with Crippen LogP contribution in [0.3, 0.4) is 0 Å². The minimum absolute atomic E-state index is 0.290. The molecule has 0 fully saturated rings. The Kier molecular flexibility index (Phi) is 6.93. The first kappa shape index (κ1) is 20.2. The van der Waals surface area contributed by atoms with Gasteiger partial charge in [0.15, 0.2) is 5.78 Å². The average Bonchev–Trinajstić information content (AvgIpc) is 2.74. The number of hydrogen-bond acceptors (Lipinski definition) is 6. The highest BCUT2D eigenvalue weighted by Gasteiger charge is 2.37. The molecular weight excluding hydrogens is 373 g/mol. The van der Waals surface area contributed by atoms with Gasteiger partial charge in [0.25, 0.3) is 0 Å². The highest BCUT2D eigenvalue weighted by molar-refractivity contribution is 7.54. The lowest BCUT2D eigenvalue weighted by Crippen LogP contribution is -2.15. The van der Waals surface area contributed by atoms with Crippen LogP contribution in [0.4, 0.5) is 5.69 Å². The van der Waals surface area contributed by atoms with Crippen molar-refractivity contribution in [1.29, 1.82) is 0 Å². The summed E-state index contributed by atoms with van der Waals surface area (Å²) in [7, 11) is -3.45. The predicted octanol–water partition coefficient (Wildman–Crippen LogP) is 5.52. The van der Waals surface area contributed by atoms with Gasteiger partial charge in [-0.05, 0) is 43.7 Å². The molecule has 146 valence electrons. The van der Waals surface area contributed by atoms with Crippen LogP contribution in [0.5, 0.6) is 0 Å². The summed E-state index contributed by atoms with van der Waals surface area (Å²) >= 11 is 0. The van der Waals surface area contributed by atoms with Gasteiger partial charge >= 0.3 is 7.60 Å². The largest absolute Gasteiger partial charge is 0.368 e. The lowest BCUT2D eigenvalue weighted by molar-refractivity contribution is 0.214. The van der Waals surface area contributed by atoms with Crippen LogP contribution in [0.15, 0.2) is 73.2 Å². The van der Waals surface area contributed by atoms with Crippen molar-refractivity contribution in [2.24, 2.45) is 0 Å². The molecule has 1 unspecified atom stereocenters. The number of nitrogens with zero attached hydrogens (tertiary/aromatic N) is 2. The van der Waals surface area contributed by atoms with E-state index < -0.39 is 13.4 Å². The summed E-state index contributed by atoms with van der Waals surface area (Å²) in [4.78, 5) is 8.40. The predicted molar refractivity (Wildman–Crippen MR) is 111 cm³/mol. The van der Waals surface area contributed by atoms with E-state index in [4.69, 9.17) is 9.05 Å². The fourth-order valence-corrected chi connectivity index (χ4v) is 4.80. The number of aromatic nitrogens is 2. The molecule has 0 aliphatic heterocycles. The molecule has 0 amide bonds. The molecule has 1 N–H and O–H groups in total. The number of benzene rings is 1. The second-order valence-corrected chi connectivity index (χ2v) is 8.11. The van der Waals surface area contributed by atoms with E-state index in [0.29, 0.717) is 0 Å². The third kappa shape index (κ3) is 4.84. The van der Waals surface area contributed by atoms with Crippen LogP contribution in [0.25, 0.3) is 11.3 Å². The zero-order chi connectivity index (χ0) is 19.8. The zero-order valence-electron chi connectivity index (χ0n) is 16.0. The maximum absolute atomic E-state index is 13.5. The van der Waals surface area contributed by atoms with Gasteiger partial charge < -0.3 is 14.4 Å². The summed E-state index contributed by atoms with van der Waals surface area (Å²) in [5, 5.41) is 3.30. The van der Waals surface area contributed by atoms with E-state index in [1.165, 1.54) is 0 Å². The standard InChI is InChI=1S/C21H24N3O3P/c1-3-26-28(25,27-4-2)21(24-19-12-15-22-16-13-19)18-10-8-17(9-11-18)20-7-5-6-14-23-20/h5-16,21H,3-4H2,1-2H3,(H,22,24). The molecule has 0 radical (unpaired) electrons. The molecule has 2 aromatic heterocycles. The van der Waals surface area contributed by atoms with Crippen LogP contribution in [0.1, 0.15) is 25.2 Å². The molecule has 0 spiro atoms. The average molecular weight is 397 g/mol. The Labute approximate surface area is 165 Å². The Morgan fingerprint density at radius 1 is 0.929 bits per heavy atom. The van der Waals surface area contributed by atoms with E-state index in [2.05, 4.69) is 15.3 Å². The first-order valence-corrected chi connectivity index (χ1v) is 10.8. The molecule has 0 aliphatic carbocycles. The lowest BCUT2D eigenvalue weighted by atomic mass is 10.1. The number of nitrogens with one attached hydrogen (secondary N) is 1. The van der Waals surface area contributed by atoms with Gasteiger partial charge in [0.2, 0.25) is 0 Å². The summed E-state index contributed by atoms with van der Waals surface area (Å²) < 4.78 is 24.8. The van der Waals surface area contributed by atoms with Gasteiger partial charge in [-0.15, -0.1) is 0 Å². The van der Waals surface area contributed by atoms with E-state index in [1.807, 2.05) is 54.6 Å². The van der Waals surface area contributed by atoms with Crippen LogP contribution in [0, 0.1) is 0 Å². The summed E-state index contributed by atoms with van der Waals surface area (Å²) in [6.45, 7) is 4.19. The topological polar surface area (TPSA) is 73.3 Å². The zero-order valence-corrected chi connectivity index (χ0v) is 16.9. The Morgan fingerprint density at radius 3 is 2.18 bits per heavy atom.